The number of amides is 1. The minimum absolute atomic E-state index is 0.116. The minimum atomic E-state index is -0.145. The Morgan fingerprint density at radius 2 is 2.20 bits per heavy atom. The summed E-state index contributed by atoms with van der Waals surface area (Å²) in [6.45, 7) is 1.52. The summed E-state index contributed by atoms with van der Waals surface area (Å²) in [5.41, 5.74) is 0. The van der Waals surface area contributed by atoms with E-state index in [9.17, 15) is 9.90 Å². The van der Waals surface area contributed by atoms with Crippen LogP contribution in [0.5, 0.6) is 0 Å². The van der Waals surface area contributed by atoms with Crippen molar-refractivity contribution in [2.24, 2.45) is 5.92 Å². The van der Waals surface area contributed by atoms with Gasteiger partial charge < -0.3 is 15.3 Å². The van der Waals surface area contributed by atoms with Crippen LogP contribution in [-0.4, -0.2) is 49.2 Å². The van der Waals surface area contributed by atoms with Crippen LogP contribution in [0.4, 0.5) is 0 Å². The van der Waals surface area contributed by atoms with Gasteiger partial charge in [-0.3, -0.25) is 4.79 Å². The fraction of sp³-hybridized carbons (Fsp3) is 0.909. The van der Waals surface area contributed by atoms with Crippen LogP contribution in [0, 0.1) is 5.92 Å². The summed E-state index contributed by atoms with van der Waals surface area (Å²) in [7, 11) is 3.92. The highest BCUT2D eigenvalue weighted by atomic mass is 16.3. The number of carbonyl (C=O) groups is 1. The van der Waals surface area contributed by atoms with Crippen LogP contribution < -0.4 is 5.32 Å². The molecule has 1 saturated carbocycles. The topological polar surface area (TPSA) is 52.6 Å². The molecule has 1 fully saturated rings. The fourth-order valence-electron chi connectivity index (χ4n) is 1.91. The highest BCUT2D eigenvalue weighted by molar-refractivity contribution is 5.76. The van der Waals surface area contributed by atoms with Gasteiger partial charge in [-0.05, 0) is 39.3 Å². The third-order valence-electron chi connectivity index (χ3n) is 2.89. The van der Waals surface area contributed by atoms with Crippen molar-refractivity contribution in [1.82, 2.24) is 10.2 Å². The number of hydrogen-bond donors (Lipinski definition) is 2. The number of carbonyl (C=O) groups excluding carboxylic acids is 1. The highest BCUT2D eigenvalue weighted by Gasteiger charge is 2.22. The maximum atomic E-state index is 11.4. The molecule has 2 N–H and O–H groups in total. The first-order valence-corrected chi connectivity index (χ1v) is 5.67. The molecular formula is C11H22N2O2. The van der Waals surface area contributed by atoms with Crippen LogP contribution in [0.25, 0.3) is 0 Å². The number of hydrogen-bond acceptors (Lipinski definition) is 3. The Morgan fingerprint density at radius 1 is 1.47 bits per heavy atom. The molecule has 4 heteroatoms. The zero-order valence-electron chi connectivity index (χ0n) is 9.70. The Labute approximate surface area is 91.6 Å². The molecule has 0 saturated heterocycles. The second-order valence-corrected chi connectivity index (χ2v) is 4.69. The summed E-state index contributed by atoms with van der Waals surface area (Å²) in [5, 5.41) is 12.2. The Hall–Kier alpha value is -0.610. The van der Waals surface area contributed by atoms with E-state index in [0.717, 1.165) is 32.4 Å². The third kappa shape index (κ3) is 5.14. The number of aliphatic hydroxyl groups is 1. The molecule has 2 unspecified atom stereocenters. The molecule has 88 valence electrons. The molecule has 1 amide bonds. The monoisotopic (exact) mass is 214 g/mol. The van der Waals surface area contributed by atoms with Gasteiger partial charge in [-0.15, -0.1) is 0 Å². The summed E-state index contributed by atoms with van der Waals surface area (Å²) in [6, 6.07) is 0. The Bertz CT molecular complexity index is 207. The molecular weight excluding hydrogens is 192 g/mol. The van der Waals surface area contributed by atoms with Crippen LogP contribution in [0.15, 0.2) is 0 Å². The van der Waals surface area contributed by atoms with Crippen molar-refractivity contribution < 1.29 is 9.90 Å². The zero-order chi connectivity index (χ0) is 11.3. The lowest BCUT2D eigenvalue weighted by molar-refractivity contribution is -0.121. The summed E-state index contributed by atoms with van der Waals surface area (Å²) >= 11 is 0. The molecule has 1 aliphatic carbocycles. The Morgan fingerprint density at radius 3 is 2.73 bits per heavy atom. The molecule has 0 heterocycles. The lowest BCUT2D eigenvalue weighted by Gasteiger charge is -2.12. The van der Waals surface area contributed by atoms with Gasteiger partial charge in [-0.1, -0.05) is 0 Å². The third-order valence-corrected chi connectivity index (χ3v) is 2.89. The summed E-state index contributed by atoms with van der Waals surface area (Å²) in [4.78, 5) is 13.4. The molecule has 4 nitrogen and oxygen atoms in total. The minimum Gasteiger partial charge on any atom is -0.393 e. The van der Waals surface area contributed by atoms with Gasteiger partial charge in [0, 0.05) is 19.5 Å². The molecule has 0 aromatic rings. The van der Waals surface area contributed by atoms with Crippen LogP contribution in [0.3, 0.4) is 0 Å². The molecule has 2 atom stereocenters. The van der Waals surface area contributed by atoms with Gasteiger partial charge in [0.15, 0.2) is 0 Å². The lowest BCUT2D eigenvalue weighted by atomic mass is 10.1. The molecule has 0 aromatic carbocycles. The quantitative estimate of drug-likeness (QED) is 0.688. The Kier molecular flexibility index (Phi) is 5.05. The SMILES string of the molecule is CN(C)CCC(=O)NCC1CCC(O)C1. The van der Waals surface area contributed by atoms with Gasteiger partial charge in [-0.25, -0.2) is 0 Å². The van der Waals surface area contributed by atoms with E-state index in [2.05, 4.69) is 5.32 Å². The van der Waals surface area contributed by atoms with Gasteiger partial charge in [0.2, 0.25) is 5.91 Å². The van der Waals surface area contributed by atoms with E-state index in [0.29, 0.717) is 12.3 Å². The predicted octanol–water partition coefficient (Wildman–Crippen LogP) is 0.215. The van der Waals surface area contributed by atoms with Crippen molar-refractivity contribution in [1.29, 1.82) is 0 Å². The zero-order valence-corrected chi connectivity index (χ0v) is 9.70. The van der Waals surface area contributed by atoms with Gasteiger partial charge in [0.1, 0.15) is 0 Å². The summed E-state index contributed by atoms with van der Waals surface area (Å²) in [5.74, 6) is 0.591. The molecule has 15 heavy (non-hydrogen) atoms. The van der Waals surface area contributed by atoms with Gasteiger partial charge in [-0.2, -0.15) is 0 Å². The summed E-state index contributed by atoms with van der Waals surface area (Å²) < 4.78 is 0. The maximum absolute atomic E-state index is 11.4. The second-order valence-electron chi connectivity index (χ2n) is 4.69. The second kappa shape index (κ2) is 6.08. The molecule has 0 radical (unpaired) electrons. The van der Waals surface area contributed by atoms with E-state index < -0.39 is 0 Å². The van der Waals surface area contributed by atoms with E-state index in [-0.39, 0.29) is 12.0 Å². The van der Waals surface area contributed by atoms with E-state index in [1.54, 1.807) is 0 Å². The van der Waals surface area contributed by atoms with Crippen LogP contribution in [-0.2, 0) is 4.79 Å². The van der Waals surface area contributed by atoms with Gasteiger partial charge in [0.25, 0.3) is 0 Å². The van der Waals surface area contributed by atoms with Crippen LogP contribution in [0.1, 0.15) is 25.7 Å². The number of nitrogens with one attached hydrogen (secondary N) is 1. The van der Waals surface area contributed by atoms with Crippen molar-refractivity contribution in [3.05, 3.63) is 0 Å². The number of rotatable bonds is 5. The standard InChI is InChI=1S/C11H22N2O2/c1-13(2)6-5-11(15)12-8-9-3-4-10(14)7-9/h9-10,14H,3-8H2,1-2H3,(H,12,15). The van der Waals surface area contributed by atoms with Crippen molar-refractivity contribution in [2.75, 3.05) is 27.2 Å². The van der Waals surface area contributed by atoms with Crippen molar-refractivity contribution >= 4 is 5.91 Å². The van der Waals surface area contributed by atoms with E-state index in [4.69, 9.17) is 0 Å². The first-order valence-electron chi connectivity index (χ1n) is 5.67. The van der Waals surface area contributed by atoms with E-state index in [1.165, 1.54) is 0 Å². The highest BCUT2D eigenvalue weighted by Crippen LogP contribution is 2.24. The largest absolute Gasteiger partial charge is 0.393 e. The van der Waals surface area contributed by atoms with Crippen molar-refractivity contribution in [2.45, 2.75) is 31.8 Å². The van der Waals surface area contributed by atoms with Crippen molar-refractivity contribution in [3.8, 4) is 0 Å². The molecule has 0 aliphatic heterocycles. The average molecular weight is 214 g/mol. The molecule has 0 aromatic heterocycles. The molecule has 0 spiro atoms. The first kappa shape index (κ1) is 12.5. The Balaban J connectivity index is 2.06. The maximum Gasteiger partial charge on any atom is 0.221 e. The normalized spacial score (nSPS) is 25.9. The summed E-state index contributed by atoms with van der Waals surface area (Å²) in [6.07, 6.45) is 3.18. The lowest BCUT2D eigenvalue weighted by Crippen LogP contribution is -2.31. The molecule has 1 aliphatic rings. The van der Waals surface area contributed by atoms with Crippen molar-refractivity contribution in [3.63, 3.8) is 0 Å². The average Bonchev–Trinajstić information content (AvgIpc) is 2.58. The van der Waals surface area contributed by atoms with Crippen LogP contribution in [0.2, 0.25) is 0 Å². The van der Waals surface area contributed by atoms with Gasteiger partial charge in [0.05, 0.1) is 6.10 Å². The molecule has 1 rings (SSSR count). The van der Waals surface area contributed by atoms with Gasteiger partial charge >= 0.3 is 0 Å². The van der Waals surface area contributed by atoms with E-state index >= 15 is 0 Å². The van der Waals surface area contributed by atoms with Crippen LogP contribution >= 0.6 is 0 Å². The van der Waals surface area contributed by atoms with E-state index in [1.807, 2.05) is 19.0 Å². The first-order chi connectivity index (χ1) is 7.08. The number of aliphatic hydroxyl groups excluding tert-OH is 1. The predicted molar refractivity (Wildman–Crippen MR) is 59.5 cm³/mol. The molecule has 0 bridgehead atoms. The number of nitrogens with zero attached hydrogens (tertiary/aromatic N) is 1. The smallest absolute Gasteiger partial charge is 0.221 e. The fourth-order valence-corrected chi connectivity index (χ4v) is 1.91.